The molecule has 0 atom stereocenters. The van der Waals surface area contributed by atoms with Crippen molar-refractivity contribution in [3.05, 3.63) is 52.0 Å². The van der Waals surface area contributed by atoms with Gasteiger partial charge in [0.25, 0.3) is 5.91 Å². The molecule has 0 fully saturated rings. The highest BCUT2D eigenvalue weighted by atomic mass is 32.1. The third kappa shape index (κ3) is 3.45. The van der Waals surface area contributed by atoms with Gasteiger partial charge in [-0.05, 0) is 25.1 Å². The second-order valence-corrected chi connectivity index (χ2v) is 6.68. The first kappa shape index (κ1) is 18.7. The summed E-state index contributed by atoms with van der Waals surface area (Å²) in [5, 5.41) is 3.11. The summed E-state index contributed by atoms with van der Waals surface area (Å²) in [6.07, 6.45) is 0. The highest BCUT2D eigenvalue weighted by Gasteiger charge is 2.24. The minimum Gasteiger partial charge on any atom is -0.496 e. The Hall–Kier alpha value is -3.07. The molecule has 0 unspecified atom stereocenters. The Bertz CT molecular complexity index is 1070. The number of rotatable bonds is 4. The number of benzene rings is 2. The van der Waals surface area contributed by atoms with E-state index >= 15 is 0 Å². The van der Waals surface area contributed by atoms with Crippen molar-refractivity contribution in [2.75, 3.05) is 19.5 Å². The highest BCUT2D eigenvalue weighted by molar-refractivity contribution is 7.19. The van der Waals surface area contributed by atoms with Gasteiger partial charge < -0.3 is 14.8 Å². The van der Waals surface area contributed by atoms with Crippen LogP contribution in [0.5, 0.6) is 5.75 Å². The molecule has 3 rings (SSSR count). The first-order valence-electron chi connectivity index (χ1n) is 7.68. The number of ether oxygens (including phenoxy) is 2. The third-order valence-electron chi connectivity index (χ3n) is 3.77. The predicted molar refractivity (Wildman–Crippen MR) is 96.6 cm³/mol. The summed E-state index contributed by atoms with van der Waals surface area (Å²) < 4.78 is 38.1. The van der Waals surface area contributed by atoms with E-state index in [0.29, 0.717) is 16.3 Å². The molecular weight excluding hydrogens is 378 g/mol. The lowest BCUT2D eigenvalue weighted by Gasteiger charge is -2.13. The number of aromatic nitrogens is 1. The molecule has 6 nitrogen and oxygen atoms in total. The summed E-state index contributed by atoms with van der Waals surface area (Å²) in [7, 11) is 2.45. The van der Waals surface area contributed by atoms with E-state index < -0.39 is 29.1 Å². The average Bonchev–Trinajstić information content (AvgIpc) is 2.99. The number of nitrogens with zero attached hydrogens (tertiary/aromatic N) is 1. The number of anilines is 1. The summed E-state index contributed by atoms with van der Waals surface area (Å²) in [5.41, 5.74) is -0.174. The lowest BCUT2D eigenvalue weighted by atomic mass is 10.1. The number of carbonyl (C=O) groups is 2. The quantitative estimate of drug-likeness (QED) is 0.681. The van der Waals surface area contributed by atoms with Crippen molar-refractivity contribution < 1.29 is 27.8 Å². The van der Waals surface area contributed by atoms with Gasteiger partial charge in [0.05, 0.1) is 35.1 Å². The van der Waals surface area contributed by atoms with E-state index in [1.54, 1.807) is 19.1 Å². The van der Waals surface area contributed by atoms with Gasteiger partial charge in [-0.2, -0.15) is 0 Å². The van der Waals surface area contributed by atoms with Gasteiger partial charge >= 0.3 is 5.97 Å². The predicted octanol–water partition coefficient (Wildman–Crippen LogP) is 3.93. The van der Waals surface area contributed by atoms with Crippen LogP contribution in [0.1, 0.15) is 25.7 Å². The van der Waals surface area contributed by atoms with Gasteiger partial charge in [0.15, 0.2) is 0 Å². The maximum atomic E-state index is 14.1. The van der Waals surface area contributed by atoms with Crippen molar-refractivity contribution in [1.29, 1.82) is 0 Å². The largest absolute Gasteiger partial charge is 0.496 e. The topological polar surface area (TPSA) is 77.5 Å². The summed E-state index contributed by atoms with van der Waals surface area (Å²) in [4.78, 5) is 29.1. The summed E-state index contributed by atoms with van der Waals surface area (Å²) >= 11 is 1.28. The molecule has 9 heteroatoms. The fourth-order valence-electron chi connectivity index (χ4n) is 2.64. The van der Waals surface area contributed by atoms with E-state index in [9.17, 15) is 18.4 Å². The number of esters is 1. The summed E-state index contributed by atoms with van der Waals surface area (Å²) in [6.45, 7) is 1.79. The summed E-state index contributed by atoms with van der Waals surface area (Å²) in [5.74, 6) is -3.57. The molecular formula is C18H14F2N2O4S. The van der Waals surface area contributed by atoms with E-state index in [-0.39, 0.29) is 17.0 Å². The molecule has 0 bridgehead atoms. The van der Waals surface area contributed by atoms with Crippen molar-refractivity contribution in [2.45, 2.75) is 6.92 Å². The molecule has 1 N–H and O–H groups in total. The van der Waals surface area contributed by atoms with Crippen LogP contribution in [-0.2, 0) is 4.74 Å². The molecule has 0 saturated carbocycles. The number of hydrogen-bond acceptors (Lipinski definition) is 6. The number of hydrogen-bond donors (Lipinski definition) is 1. The monoisotopic (exact) mass is 392 g/mol. The Morgan fingerprint density at radius 1 is 1.15 bits per heavy atom. The van der Waals surface area contributed by atoms with Gasteiger partial charge in [-0.1, -0.05) is 0 Å². The van der Waals surface area contributed by atoms with Crippen LogP contribution in [0.2, 0.25) is 0 Å². The molecule has 1 aromatic heterocycles. The first-order valence-corrected chi connectivity index (χ1v) is 8.50. The second kappa shape index (κ2) is 7.28. The van der Waals surface area contributed by atoms with Crippen LogP contribution in [-0.4, -0.2) is 31.1 Å². The third-order valence-corrected chi connectivity index (χ3v) is 4.77. The molecule has 0 aliphatic heterocycles. The number of amides is 1. The number of carbonyl (C=O) groups excluding carboxylic acids is 2. The average molecular weight is 392 g/mol. The van der Waals surface area contributed by atoms with Crippen LogP contribution in [0, 0.1) is 18.6 Å². The number of halogens is 2. The SMILES string of the molecule is COC(=O)c1c(F)cc(F)cc1NC(=O)c1c(OC)ccc2nc(C)sc12. The highest BCUT2D eigenvalue weighted by Crippen LogP contribution is 2.33. The van der Waals surface area contributed by atoms with Crippen molar-refractivity contribution in [2.24, 2.45) is 0 Å². The molecule has 140 valence electrons. The molecule has 2 aromatic carbocycles. The Kier molecular flexibility index (Phi) is 5.04. The molecule has 3 aromatic rings. The standard InChI is InChI=1S/C18H14F2N2O4S/c1-8-21-11-4-5-13(25-2)15(16(11)27-8)17(23)22-12-7-9(19)6-10(20)14(12)18(24)26-3/h4-7H,1-3H3,(H,22,23). The number of aryl methyl sites for hydroxylation is 1. The fraction of sp³-hybridized carbons (Fsp3) is 0.167. The Morgan fingerprint density at radius 2 is 1.89 bits per heavy atom. The lowest BCUT2D eigenvalue weighted by Crippen LogP contribution is -2.18. The molecule has 0 aliphatic carbocycles. The maximum absolute atomic E-state index is 14.1. The van der Waals surface area contributed by atoms with Gasteiger partial charge in [-0.3, -0.25) is 4.79 Å². The van der Waals surface area contributed by atoms with Gasteiger partial charge in [-0.15, -0.1) is 11.3 Å². The molecule has 0 radical (unpaired) electrons. The molecule has 1 heterocycles. The van der Waals surface area contributed by atoms with E-state index in [1.807, 2.05) is 0 Å². The first-order chi connectivity index (χ1) is 12.8. The summed E-state index contributed by atoms with van der Waals surface area (Å²) in [6, 6.07) is 4.66. The Morgan fingerprint density at radius 3 is 2.56 bits per heavy atom. The van der Waals surface area contributed by atoms with E-state index in [0.717, 1.165) is 18.2 Å². The van der Waals surface area contributed by atoms with Crippen molar-refractivity contribution in [1.82, 2.24) is 4.98 Å². The zero-order chi connectivity index (χ0) is 19.7. The normalized spacial score (nSPS) is 10.7. The van der Waals surface area contributed by atoms with Crippen LogP contribution in [0.4, 0.5) is 14.5 Å². The second-order valence-electron chi connectivity index (χ2n) is 5.48. The minimum atomic E-state index is -1.14. The van der Waals surface area contributed by atoms with Gasteiger partial charge in [0.1, 0.15) is 28.5 Å². The van der Waals surface area contributed by atoms with Crippen LogP contribution in [0.3, 0.4) is 0 Å². The molecule has 1 amide bonds. The van der Waals surface area contributed by atoms with Gasteiger partial charge in [0.2, 0.25) is 0 Å². The zero-order valence-electron chi connectivity index (χ0n) is 14.6. The lowest BCUT2D eigenvalue weighted by molar-refractivity contribution is 0.0596. The van der Waals surface area contributed by atoms with E-state index in [4.69, 9.17) is 4.74 Å². The van der Waals surface area contributed by atoms with Crippen molar-refractivity contribution >= 4 is 39.1 Å². The Labute approximate surface area is 156 Å². The van der Waals surface area contributed by atoms with E-state index in [1.165, 1.54) is 18.4 Å². The van der Waals surface area contributed by atoms with Crippen LogP contribution in [0.15, 0.2) is 24.3 Å². The molecule has 0 aliphatic rings. The van der Waals surface area contributed by atoms with Crippen LogP contribution in [0.25, 0.3) is 10.2 Å². The smallest absolute Gasteiger partial charge is 0.342 e. The number of nitrogens with one attached hydrogen (secondary N) is 1. The number of methoxy groups -OCH3 is 2. The van der Waals surface area contributed by atoms with Crippen LogP contribution < -0.4 is 10.1 Å². The Balaban J connectivity index is 2.12. The molecule has 0 saturated heterocycles. The fourth-order valence-corrected chi connectivity index (χ4v) is 3.59. The number of thiazole rings is 1. The number of fused-ring (bicyclic) bond motifs is 1. The maximum Gasteiger partial charge on any atom is 0.342 e. The zero-order valence-corrected chi connectivity index (χ0v) is 15.4. The molecule has 27 heavy (non-hydrogen) atoms. The molecule has 0 spiro atoms. The van der Waals surface area contributed by atoms with E-state index in [2.05, 4.69) is 15.0 Å². The van der Waals surface area contributed by atoms with Gasteiger partial charge in [0, 0.05) is 6.07 Å². The van der Waals surface area contributed by atoms with Crippen molar-refractivity contribution in [3.8, 4) is 5.75 Å². The van der Waals surface area contributed by atoms with Crippen LogP contribution >= 0.6 is 11.3 Å². The van der Waals surface area contributed by atoms with Crippen molar-refractivity contribution in [3.63, 3.8) is 0 Å². The minimum absolute atomic E-state index is 0.154. The van der Waals surface area contributed by atoms with Gasteiger partial charge in [-0.25, -0.2) is 18.6 Å².